The first-order valence-corrected chi connectivity index (χ1v) is 4.16. The predicted octanol–water partition coefficient (Wildman–Crippen LogP) is 2.06. The van der Waals surface area contributed by atoms with Crippen LogP contribution >= 0.6 is 0 Å². The van der Waals surface area contributed by atoms with E-state index >= 15 is 0 Å². The number of nitriles is 1. The second kappa shape index (κ2) is 2.60. The highest BCUT2D eigenvalue weighted by Gasteiger charge is 2.28. The Hall–Kier alpha value is -1.36. The minimum Gasteiger partial charge on any atom is -0.265 e. The van der Waals surface area contributed by atoms with Crippen LogP contribution in [-0.2, 0) is 0 Å². The van der Waals surface area contributed by atoms with Gasteiger partial charge in [0.05, 0.1) is 12.0 Å². The molecule has 12 heavy (non-hydrogen) atoms. The van der Waals surface area contributed by atoms with Crippen LogP contribution in [0.4, 0.5) is 0 Å². The standard InChI is InChI=1S/C10H10N2/c1-7(6-11)8-2-3-10-9(8)4-5-12-10/h2-3,5,7,9H,4H2,1H3/t7-,9?/m1/s1. The highest BCUT2D eigenvalue weighted by Crippen LogP contribution is 2.37. The molecule has 0 N–H and O–H groups in total. The molecule has 0 radical (unpaired) electrons. The molecule has 1 heterocycles. The third kappa shape index (κ3) is 0.902. The Morgan fingerprint density at radius 2 is 2.50 bits per heavy atom. The van der Waals surface area contributed by atoms with E-state index in [4.69, 9.17) is 5.26 Å². The Morgan fingerprint density at radius 3 is 3.25 bits per heavy atom. The van der Waals surface area contributed by atoms with Gasteiger partial charge in [0.25, 0.3) is 0 Å². The van der Waals surface area contributed by atoms with Crippen molar-refractivity contribution in [2.24, 2.45) is 16.8 Å². The lowest BCUT2D eigenvalue weighted by atomic mass is 9.90. The molecule has 0 aromatic carbocycles. The van der Waals surface area contributed by atoms with Gasteiger partial charge in [-0.15, -0.1) is 0 Å². The molecule has 0 bridgehead atoms. The van der Waals surface area contributed by atoms with Crippen molar-refractivity contribution in [3.63, 3.8) is 0 Å². The Kier molecular flexibility index (Phi) is 1.58. The zero-order chi connectivity index (χ0) is 8.55. The van der Waals surface area contributed by atoms with Crippen molar-refractivity contribution in [1.29, 1.82) is 5.26 Å². The molecule has 1 aliphatic heterocycles. The van der Waals surface area contributed by atoms with Gasteiger partial charge in [-0.2, -0.15) is 5.26 Å². The summed E-state index contributed by atoms with van der Waals surface area (Å²) in [7, 11) is 0. The lowest BCUT2D eigenvalue weighted by molar-refractivity contribution is 0.696. The predicted molar refractivity (Wildman–Crippen MR) is 47.5 cm³/mol. The number of aliphatic imine (C=N–C) groups is 1. The van der Waals surface area contributed by atoms with Gasteiger partial charge in [0.15, 0.2) is 0 Å². The first-order valence-electron chi connectivity index (χ1n) is 4.16. The smallest absolute Gasteiger partial charge is 0.0697 e. The van der Waals surface area contributed by atoms with Gasteiger partial charge in [0.2, 0.25) is 0 Å². The molecule has 1 aliphatic carbocycles. The van der Waals surface area contributed by atoms with Crippen LogP contribution in [0.3, 0.4) is 0 Å². The van der Waals surface area contributed by atoms with Gasteiger partial charge in [-0.1, -0.05) is 6.08 Å². The SMILES string of the molecule is C[C@H](C#N)C1=CC=C2N=CCC21. The zero-order valence-electron chi connectivity index (χ0n) is 6.99. The van der Waals surface area contributed by atoms with Crippen molar-refractivity contribution in [1.82, 2.24) is 0 Å². The van der Waals surface area contributed by atoms with Crippen LogP contribution in [0.1, 0.15) is 13.3 Å². The van der Waals surface area contributed by atoms with E-state index in [9.17, 15) is 0 Å². The minimum atomic E-state index is 0.0328. The number of hydrogen-bond donors (Lipinski definition) is 0. The lowest BCUT2D eigenvalue weighted by Crippen LogP contribution is -2.05. The maximum absolute atomic E-state index is 8.76. The third-order valence-electron chi connectivity index (χ3n) is 2.48. The topological polar surface area (TPSA) is 36.1 Å². The molecule has 60 valence electrons. The number of rotatable bonds is 1. The number of fused-ring (bicyclic) bond motifs is 1. The zero-order valence-corrected chi connectivity index (χ0v) is 6.99. The van der Waals surface area contributed by atoms with Gasteiger partial charge in [-0.3, -0.25) is 4.99 Å². The van der Waals surface area contributed by atoms with Crippen molar-refractivity contribution in [3.8, 4) is 6.07 Å². The summed E-state index contributed by atoms with van der Waals surface area (Å²) in [4.78, 5) is 4.24. The fourth-order valence-corrected chi connectivity index (χ4v) is 1.76. The molecule has 0 saturated heterocycles. The average Bonchev–Trinajstić information content (AvgIpc) is 2.62. The second-order valence-electron chi connectivity index (χ2n) is 3.21. The number of nitrogens with zero attached hydrogens (tertiary/aromatic N) is 2. The Balaban J connectivity index is 2.21. The van der Waals surface area contributed by atoms with Crippen LogP contribution in [0, 0.1) is 23.2 Å². The lowest BCUT2D eigenvalue weighted by Gasteiger charge is -2.11. The van der Waals surface area contributed by atoms with E-state index in [-0.39, 0.29) is 5.92 Å². The van der Waals surface area contributed by atoms with E-state index in [1.165, 1.54) is 5.57 Å². The molecule has 2 atom stereocenters. The van der Waals surface area contributed by atoms with Gasteiger partial charge in [0.1, 0.15) is 0 Å². The van der Waals surface area contributed by atoms with Gasteiger partial charge in [0, 0.05) is 17.8 Å². The largest absolute Gasteiger partial charge is 0.265 e. The summed E-state index contributed by atoms with van der Waals surface area (Å²) in [6.07, 6.45) is 6.99. The third-order valence-corrected chi connectivity index (χ3v) is 2.48. The molecular formula is C10H10N2. The molecule has 0 aromatic heterocycles. The Labute approximate surface area is 71.9 Å². The normalized spacial score (nSPS) is 27.5. The highest BCUT2D eigenvalue weighted by atomic mass is 14.8. The Morgan fingerprint density at radius 1 is 1.67 bits per heavy atom. The monoisotopic (exact) mass is 158 g/mol. The van der Waals surface area contributed by atoms with E-state index < -0.39 is 0 Å². The van der Waals surface area contributed by atoms with Gasteiger partial charge in [-0.05, 0) is 25.0 Å². The fraction of sp³-hybridized carbons (Fsp3) is 0.400. The Bertz CT molecular complexity index is 328. The van der Waals surface area contributed by atoms with Crippen molar-refractivity contribution >= 4 is 6.21 Å². The van der Waals surface area contributed by atoms with Crippen molar-refractivity contribution in [2.75, 3.05) is 0 Å². The van der Waals surface area contributed by atoms with Gasteiger partial charge < -0.3 is 0 Å². The molecule has 2 nitrogen and oxygen atoms in total. The first kappa shape index (κ1) is 7.30. The summed E-state index contributed by atoms with van der Waals surface area (Å²) >= 11 is 0. The van der Waals surface area contributed by atoms with Crippen LogP contribution in [0.2, 0.25) is 0 Å². The van der Waals surface area contributed by atoms with Crippen LogP contribution in [0.25, 0.3) is 0 Å². The molecule has 0 fully saturated rings. The summed E-state index contributed by atoms with van der Waals surface area (Å²) in [6.45, 7) is 1.95. The van der Waals surface area contributed by atoms with Crippen LogP contribution < -0.4 is 0 Å². The maximum Gasteiger partial charge on any atom is 0.0697 e. The van der Waals surface area contributed by atoms with E-state index in [1.54, 1.807) is 0 Å². The molecule has 0 aromatic rings. The maximum atomic E-state index is 8.76. The number of allylic oxidation sites excluding steroid dienone is 3. The molecule has 1 unspecified atom stereocenters. The van der Waals surface area contributed by atoms with E-state index in [0.29, 0.717) is 5.92 Å². The van der Waals surface area contributed by atoms with Crippen LogP contribution in [-0.4, -0.2) is 6.21 Å². The fourth-order valence-electron chi connectivity index (χ4n) is 1.76. The first-order chi connectivity index (χ1) is 5.83. The van der Waals surface area contributed by atoms with E-state index in [0.717, 1.165) is 12.1 Å². The van der Waals surface area contributed by atoms with Gasteiger partial charge >= 0.3 is 0 Å². The van der Waals surface area contributed by atoms with E-state index in [1.807, 2.05) is 25.3 Å². The van der Waals surface area contributed by atoms with Crippen LogP contribution in [0.15, 0.2) is 28.4 Å². The molecular weight excluding hydrogens is 148 g/mol. The molecule has 0 amide bonds. The molecule has 0 saturated carbocycles. The van der Waals surface area contributed by atoms with E-state index in [2.05, 4.69) is 11.1 Å². The molecule has 2 heteroatoms. The summed E-state index contributed by atoms with van der Waals surface area (Å²) < 4.78 is 0. The van der Waals surface area contributed by atoms with Crippen molar-refractivity contribution < 1.29 is 0 Å². The van der Waals surface area contributed by atoms with Crippen LogP contribution in [0.5, 0.6) is 0 Å². The minimum absolute atomic E-state index is 0.0328. The summed E-state index contributed by atoms with van der Waals surface area (Å²) in [5.41, 5.74) is 2.36. The summed E-state index contributed by atoms with van der Waals surface area (Å²) in [5.74, 6) is 0.449. The summed E-state index contributed by atoms with van der Waals surface area (Å²) in [5, 5.41) is 8.76. The quantitative estimate of drug-likeness (QED) is 0.575. The molecule has 0 spiro atoms. The van der Waals surface area contributed by atoms with Gasteiger partial charge in [-0.25, -0.2) is 0 Å². The molecule has 2 aliphatic rings. The summed E-state index contributed by atoms with van der Waals surface area (Å²) in [6, 6.07) is 2.26. The number of hydrogen-bond acceptors (Lipinski definition) is 2. The second-order valence-corrected chi connectivity index (χ2v) is 3.21. The highest BCUT2D eigenvalue weighted by molar-refractivity contribution is 5.67. The van der Waals surface area contributed by atoms with Crippen molar-refractivity contribution in [2.45, 2.75) is 13.3 Å². The van der Waals surface area contributed by atoms with Crippen molar-refractivity contribution in [3.05, 3.63) is 23.4 Å². The molecule has 2 rings (SSSR count). The average molecular weight is 158 g/mol.